The van der Waals surface area contributed by atoms with Crippen molar-refractivity contribution in [2.24, 2.45) is 5.41 Å². The number of aromatic nitrogens is 1. The number of fused-ring (bicyclic) bond motifs is 1. The highest BCUT2D eigenvalue weighted by atomic mass is 32.2. The predicted octanol–water partition coefficient (Wildman–Crippen LogP) is 4.95. The fourth-order valence-corrected chi connectivity index (χ4v) is 7.43. The highest BCUT2D eigenvalue weighted by Crippen LogP contribution is 2.40. The van der Waals surface area contributed by atoms with E-state index in [4.69, 9.17) is 9.47 Å². The van der Waals surface area contributed by atoms with Crippen molar-refractivity contribution in [3.8, 4) is 5.75 Å². The van der Waals surface area contributed by atoms with Gasteiger partial charge >= 0.3 is 0 Å². The Bertz CT molecular complexity index is 1400. The normalized spacial score (nSPS) is 15.8. The second-order valence-electron chi connectivity index (χ2n) is 11.4. The van der Waals surface area contributed by atoms with E-state index in [2.05, 4.69) is 37.6 Å². The Hall–Kier alpha value is -3.14. The minimum absolute atomic E-state index is 0.0664. The Balaban J connectivity index is 1.48. The molecule has 2 aromatic carbocycles. The van der Waals surface area contributed by atoms with Crippen molar-refractivity contribution in [2.75, 3.05) is 33.4 Å². The molecule has 1 amide bonds. The van der Waals surface area contributed by atoms with Crippen LogP contribution in [0.15, 0.2) is 65.7 Å². The van der Waals surface area contributed by atoms with Gasteiger partial charge in [0.25, 0.3) is 0 Å². The Kier molecular flexibility index (Phi) is 9.07. The van der Waals surface area contributed by atoms with E-state index in [9.17, 15) is 13.2 Å². The van der Waals surface area contributed by atoms with Crippen molar-refractivity contribution in [2.45, 2.75) is 58.6 Å². The monoisotopic (exact) mass is 567 g/mol. The van der Waals surface area contributed by atoms with E-state index in [-0.39, 0.29) is 48.6 Å². The van der Waals surface area contributed by atoms with Gasteiger partial charge in [0.05, 0.1) is 24.7 Å². The molecule has 1 atom stereocenters. The second kappa shape index (κ2) is 12.2. The zero-order valence-electron chi connectivity index (χ0n) is 24.4. The van der Waals surface area contributed by atoms with Gasteiger partial charge in [0.2, 0.25) is 15.9 Å². The number of methoxy groups -OCH3 is 1. The van der Waals surface area contributed by atoms with Gasteiger partial charge < -0.3 is 18.9 Å². The smallest absolute Gasteiger partial charge is 0.249 e. The summed E-state index contributed by atoms with van der Waals surface area (Å²) in [5.41, 5.74) is 3.08. The summed E-state index contributed by atoms with van der Waals surface area (Å²) < 4.78 is 42.7. The van der Waals surface area contributed by atoms with Gasteiger partial charge in [0.1, 0.15) is 12.4 Å². The second-order valence-corrected chi connectivity index (χ2v) is 13.3. The number of carbonyl (C=O) groups excluding carboxylic acids is 1. The molecule has 8 nitrogen and oxygen atoms in total. The van der Waals surface area contributed by atoms with E-state index in [1.165, 1.54) is 4.31 Å². The molecule has 2 heterocycles. The first-order chi connectivity index (χ1) is 18.9. The van der Waals surface area contributed by atoms with Crippen LogP contribution in [0.25, 0.3) is 0 Å². The number of amides is 1. The van der Waals surface area contributed by atoms with Gasteiger partial charge in [-0.1, -0.05) is 51.1 Å². The van der Waals surface area contributed by atoms with Crippen LogP contribution in [0.1, 0.15) is 49.2 Å². The van der Waals surface area contributed by atoms with Crippen LogP contribution in [-0.4, -0.2) is 61.5 Å². The molecule has 9 heteroatoms. The summed E-state index contributed by atoms with van der Waals surface area (Å²) in [5.74, 6) is 0.524. The minimum atomic E-state index is -3.86. The van der Waals surface area contributed by atoms with Crippen molar-refractivity contribution in [1.82, 2.24) is 13.8 Å². The largest absolute Gasteiger partial charge is 0.497 e. The molecule has 1 unspecified atom stereocenters. The molecule has 216 valence electrons. The van der Waals surface area contributed by atoms with Crippen LogP contribution >= 0.6 is 0 Å². The number of sulfonamides is 1. The number of benzene rings is 2. The molecular formula is C31H41N3O5S. The molecule has 0 fully saturated rings. The zero-order valence-corrected chi connectivity index (χ0v) is 25.2. The molecule has 0 spiro atoms. The third-order valence-electron chi connectivity index (χ3n) is 7.36. The lowest BCUT2D eigenvalue weighted by atomic mass is 9.82. The predicted molar refractivity (Wildman–Crippen MR) is 156 cm³/mol. The quantitative estimate of drug-likeness (QED) is 0.324. The van der Waals surface area contributed by atoms with Crippen LogP contribution in [0.5, 0.6) is 5.75 Å². The van der Waals surface area contributed by atoms with Crippen molar-refractivity contribution in [3.05, 3.63) is 83.2 Å². The lowest BCUT2D eigenvalue weighted by Crippen LogP contribution is -2.48. The lowest BCUT2D eigenvalue weighted by molar-refractivity contribution is -0.142. The van der Waals surface area contributed by atoms with E-state index >= 15 is 0 Å². The van der Waals surface area contributed by atoms with E-state index in [0.29, 0.717) is 23.4 Å². The zero-order chi connectivity index (χ0) is 29.1. The number of nitrogens with zero attached hydrogens (tertiary/aromatic N) is 3. The fraction of sp³-hybridized carbons (Fsp3) is 0.452. The van der Waals surface area contributed by atoms with Gasteiger partial charge in [-0.05, 0) is 60.2 Å². The van der Waals surface area contributed by atoms with Gasteiger partial charge in [-0.2, -0.15) is 4.31 Å². The van der Waals surface area contributed by atoms with Crippen molar-refractivity contribution in [3.63, 3.8) is 0 Å². The van der Waals surface area contributed by atoms with E-state index in [1.807, 2.05) is 41.3 Å². The molecule has 4 rings (SSSR count). The van der Waals surface area contributed by atoms with Crippen molar-refractivity contribution >= 4 is 15.9 Å². The number of aryl methyl sites for hydroxylation is 2. The Labute approximate surface area is 238 Å². The Morgan fingerprint density at radius 2 is 1.70 bits per heavy atom. The first-order valence-corrected chi connectivity index (χ1v) is 15.1. The van der Waals surface area contributed by atoms with Gasteiger partial charge in [-0.25, -0.2) is 8.42 Å². The summed E-state index contributed by atoms with van der Waals surface area (Å²) in [5, 5.41) is 0. The average Bonchev–Trinajstić information content (AvgIpc) is 3.37. The van der Waals surface area contributed by atoms with Gasteiger partial charge in [-0.3, -0.25) is 4.79 Å². The number of hydrogen-bond donors (Lipinski definition) is 0. The molecule has 1 aromatic heterocycles. The van der Waals surface area contributed by atoms with E-state index < -0.39 is 10.0 Å². The number of rotatable bonds is 10. The first kappa shape index (κ1) is 29.8. The van der Waals surface area contributed by atoms with Crippen molar-refractivity contribution < 1.29 is 22.7 Å². The van der Waals surface area contributed by atoms with Gasteiger partial charge in [0.15, 0.2) is 0 Å². The minimum Gasteiger partial charge on any atom is -0.497 e. The van der Waals surface area contributed by atoms with Crippen LogP contribution in [0, 0.1) is 19.3 Å². The summed E-state index contributed by atoms with van der Waals surface area (Å²) in [6, 6.07) is 17.0. The molecule has 40 heavy (non-hydrogen) atoms. The maximum absolute atomic E-state index is 14.0. The van der Waals surface area contributed by atoms with Gasteiger partial charge in [-0.15, -0.1) is 0 Å². The summed E-state index contributed by atoms with van der Waals surface area (Å²) >= 11 is 0. The maximum Gasteiger partial charge on any atom is 0.249 e. The van der Waals surface area contributed by atoms with Crippen LogP contribution in [-0.2, 0) is 32.6 Å². The number of hydrogen-bond acceptors (Lipinski definition) is 5. The highest BCUT2D eigenvalue weighted by molar-refractivity contribution is 7.89. The Morgan fingerprint density at radius 3 is 2.33 bits per heavy atom. The van der Waals surface area contributed by atoms with Crippen LogP contribution in [0.2, 0.25) is 0 Å². The molecular weight excluding hydrogens is 526 g/mol. The summed E-state index contributed by atoms with van der Waals surface area (Å²) in [4.78, 5) is 15.5. The molecule has 3 aromatic rings. The van der Waals surface area contributed by atoms with Crippen molar-refractivity contribution in [1.29, 1.82) is 0 Å². The molecule has 0 N–H and O–H groups in total. The van der Waals surface area contributed by atoms with Gasteiger partial charge in [0, 0.05) is 38.1 Å². The fourth-order valence-electron chi connectivity index (χ4n) is 5.61. The number of ether oxygens (including phenoxy) is 2. The molecule has 0 bridgehead atoms. The molecule has 0 saturated carbocycles. The molecule has 0 radical (unpaired) electrons. The lowest BCUT2D eigenvalue weighted by Gasteiger charge is -2.44. The SMILES string of the molecule is COc1cc(C)c(S(=O)(=O)N(CCOCC(=O)N2CCn3cccc3C2C(C)(C)C)Cc2ccccc2)c(C)c1. The summed E-state index contributed by atoms with van der Waals surface area (Å²) in [6.45, 7) is 11.6. The van der Waals surface area contributed by atoms with E-state index in [0.717, 1.165) is 17.8 Å². The maximum atomic E-state index is 14.0. The summed E-state index contributed by atoms with van der Waals surface area (Å²) in [6.07, 6.45) is 2.06. The third kappa shape index (κ3) is 6.43. The number of carbonyl (C=O) groups is 1. The van der Waals surface area contributed by atoms with E-state index in [1.54, 1.807) is 33.1 Å². The molecule has 0 saturated heterocycles. The molecule has 0 aliphatic carbocycles. The Morgan fingerprint density at radius 1 is 1.02 bits per heavy atom. The average molecular weight is 568 g/mol. The third-order valence-corrected chi connectivity index (χ3v) is 9.51. The van der Waals surface area contributed by atoms with Crippen LogP contribution < -0.4 is 4.74 Å². The highest BCUT2D eigenvalue weighted by Gasteiger charge is 2.38. The first-order valence-electron chi connectivity index (χ1n) is 13.6. The topological polar surface area (TPSA) is 81.1 Å². The standard InChI is InChI=1S/C31H41N3O5S/c1-23-19-26(38-6)20-24(2)29(23)40(36,37)33(21-25-11-8-7-9-12-25)17-18-39-22-28(35)34-16-15-32-14-10-13-27(32)30(34)31(3,4)5/h7-14,19-20,30H,15-18,21-22H2,1-6H3. The molecule has 1 aliphatic heterocycles. The van der Waals surface area contributed by atoms with Crippen LogP contribution in [0.4, 0.5) is 0 Å². The summed E-state index contributed by atoms with van der Waals surface area (Å²) in [7, 11) is -2.30. The molecule has 1 aliphatic rings. The van der Waals surface area contributed by atoms with Crippen LogP contribution in [0.3, 0.4) is 0 Å².